The van der Waals surface area contributed by atoms with E-state index >= 15 is 0 Å². The van der Waals surface area contributed by atoms with Crippen molar-refractivity contribution in [1.29, 1.82) is 0 Å². The highest BCUT2D eigenvalue weighted by Gasteiger charge is 2.23. The molecule has 2 aromatic carbocycles. The van der Waals surface area contributed by atoms with E-state index in [0.717, 1.165) is 53.5 Å². The third-order valence-corrected chi connectivity index (χ3v) is 6.48. The van der Waals surface area contributed by atoms with Crippen LogP contribution in [0.4, 0.5) is 17.5 Å². The molecule has 0 bridgehead atoms. The second-order valence-corrected chi connectivity index (χ2v) is 9.09. The monoisotopic (exact) mass is 470 g/mol. The number of imidazole rings is 1. The predicted molar refractivity (Wildman–Crippen MR) is 133 cm³/mol. The van der Waals surface area contributed by atoms with Crippen LogP contribution in [0.3, 0.4) is 0 Å². The summed E-state index contributed by atoms with van der Waals surface area (Å²) in [6.07, 6.45) is 4.51. The smallest absolute Gasteiger partial charge is 0.335 e. The summed E-state index contributed by atoms with van der Waals surface area (Å²) >= 11 is 0. The highest BCUT2D eigenvalue weighted by Crippen LogP contribution is 2.33. The maximum atomic E-state index is 11.2. The summed E-state index contributed by atoms with van der Waals surface area (Å²) in [6, 6.07) is 14.8. The second-order valence-electron chi connectivity index (χ2n) is 9.09. The Bertz CT molecular complexity index is 1370. The van der Waals surface area contributed by atoms with E-state index < -0.39 is 5.97 Å². The van der Waals surface area contributed by atoms with Crippen LogP contribution in [0.5, 0.6) is 0 Å². The first kappa shape index (κ1) is 21.5. The minimum Gasteiger partial charge on any atom is -0.478 e. The predicted octanol–water partition coefficient (Wildman–Crippen LogP) is 4.18. The Balaban J connectivity index is 1.37. The Morgan fingerprint density at radius 3 is 2.60 bits per heavy atom. The van der Waals surface area contributed by atoms with Crippen LogP contribution in [0.15, 0.2) is 54.9 Å². The van der Waals surface area contributed by atoms with Gasteiger partial charge in [-0.05, 0) is 55.2 Å². The molecule has 2 fully saturated rings. The third-order valence-electron chi connectivity index (χ3n) is 6.48. The largest absolute Gasteiger partial charge is 0.478 e. The molecule has 0 unspecified atom stereocenters. The van der Waals surface area contributed by atoms with Gasteiger partial charge in [-0.1, -0.05) is 6.07 Å². The number of aromatic carboxylic acids is 1. The highest BCUT2D eigenvalue weighted by atomic mass is 16.5. The molecule has 0 radical (unpaired) electrons. The van der Waals surface area contributed by atoms with Gasteiger partial charge in [-0.3, -0.25) is 0 Å². The molecule has 4 aromatic rings. The van der Waals surface area contributed by atoms with Crippen LogP contribution in [0.2, 0.25) is 0 Å². The van der Waals surface area contributed by atoms with Crippen molar-refractivity contribution in [2.24, 2.45) is 5.92 Å². The van der Waals surface area contributed by atoms with Gasteiger partial charge in [-0.15, -0.1) is 0 Å². The molecule has 3 heterocycles. The van der Waals surface area contributed by atoms with Crippen LogP contribution >= 0.6 is 0 Å². The second kappa shape index (κ2) is 8.99. The van der Waals surface area contributed by atoms with Crippen molar-refractivity contribution in [3.8, 4) is 11.3 Å². The van der Waals surface area contributed by atoms with Crippen LogP contribution in [0.1, 0.15) is 23.2 Å². The van der Waals surface area contributed by atoms with E-state index in [4.69, 9.17) is 14.7 Å². The van der Waals surface area contributed by atoms with Crippen molar-refractivity contribution in [1.82, 2.24) is 19.5 Å². The van der Waals surface area contributed by atoms with Crippen LogP contribution in [-0.2, 0) is 11.3 Å². The van der Waals surface area contributed by atoms with Crippen LogP contribution in [0, 0.1) is 5.92 Å². The maximum Gasteiger partial charge on any atom is 0.335 e. The summed E-state index contributed by atoms with van der Waals surface area (Å²) < 4.78 is 7.75. The first-order chi connectivity index (χ1) is 17.1. The van der Waals surface area contributed by atoms with Gasteiger partial charge in [0.05, 0.1) is 41.8 Å². The first-order valence-corrected chi connectivity index (χ1v) is 11.9. The summed E-state index contributed by atoms with van der Waals surface area (Å²) in [7, 11) is 0. The first-order valence-electron chi connectivity index (χ1n) is 11.9. The lowest BCUT2D eigenvalue weighted by atomic mass is 10.1. The van der Waals surface area contributed by atoms with Crippen molar-refractivity contribution in [3.05, 3.63) is 60.4 Å². The van der Waals surface area contributed by atoms with E-state index in [1.54, 1.807) is 24.3 Å². The van der Waals surface area contributed by atoms with Crippen molar-refractivity contribution in [2.75, 3.05) is 36.5 Å². The molecule has 1 saturated carbocycles. The fraction of sp³-hybridized carbons (Fsp3) is 0.308. The normalized spacial score (nSPS) is 15.9. The van der Waals surface area contributed by atoms with E-state index in [-0.39, 0.29) is 5.56 Å². The molecule has 0 spiro atoms. The number of aromatic nitrogens is 4. The molecule has 6 rings (SSSR count). The zero-order valence-electron chi connectivity index (χ0n) is 19.2. The standard InChI is InChI=1S/C26H26N6O3/c33-25(34)18-3-6-20(7-4-18)28-24-14-22(29-26(30-24)31-9-11-35-12-10-31)19-5-8-21-23(13-19)32(16-27-21)15-17-1-2-17/h3-8,13-14,16-17H,1-2,9-12,15H2,(H,33,34)(H,28,29,30). The number of morpholine rings is 1. The Kier molecular flexibility index (Phi) is 5.54. The van der Waals surface area contributed by atoms with Gasteiger partial charge in [0.1, 0.15) is 5.82 Å². The minimum absolute atomic E-state index is 0.240. The molecular formula is C26H26N6O3. The molecule has 9 heteroatoms. The fourth-order valence-electron chi connectivity index (χ4n) is 4.34. The fourth-order valence-corrected chi connectivity index (χ4v) is 4.34. The lowest BCUT2D eigenvalue weighted by molar-refractivity contribution is 0.0697. The number of anilines is 3. The molecule has 1 aliphatic heterocycles. The Labute approximate surface area is 202 Å². The molecule has 0 atom stereocenters. The molecule has 2 N–H and O–H groups in total. The SMILES string of the molecule is O=C(O)c1ccc(Nc2cc(-c3ccc4ncn(CC5CC5)c4c3)nc(N3CCOCC3)n2)cc1. The van der Waals surface area contributed by atoms with Crippen LogP contribution < -0.4 is 10.2 Å². The van der Waals surface area contributed by atoms with Gasteiger partial charge in [0, 0.05) is 37.0 Å². The number of carbonyl (C=O) groups is 1. The maximum absolute atomic E-state index is 11.2. The summed E-state index contributed by atoms with van der Waals surface area (Å²) in [5.74, 6) is 1.09. The summed E-state index contributed by atoms with van der Waals surface area (Å²) in [6.45, 7) is 3.73. The third kappa shape index (κ3) is 4.67. The molecule has 178 valence electrons. The van der Waals surface area contributed by atoms with E-state index in [1.807, 2.05) is 24.5 Å². The molecule has 1 saturated heterocycles. The zero-order valence-corrected chi connectivity index (χ0v) is 19.2. The number of nitrogens with one attached hydrogen (secondary N) is 1. The number of carboxylic acids is 1. The summed E-state index contributed by atoms with van der Waals surface area (Å²) in [5.41, 5.74) is 4.89. The number of rotatable bonds is 7. The van der Waals surface area contributed by atoms with E-state index in [1.165, 1.54) is 12.8 Å². The number of ether oxygens (including phenoxy) is 1. The van der Waals surface area contributed by atoms with E-state index in [0.29, 0.717) is 25.0 Å². The molecule has 9 nitrogen and oxygen atoms in total. The minimum atomic E-state index is -0.952. The van der Waals surface area contributed by atoms with Gasteiger partial charge in [-0.2, -0.15) is 4.98 Å². The molecule has 2 aliphatic rings. The number of fused-ring (bicyclic) bond motifs is 1. The summed E-state index contributed by atoms with van der Waals surface area (Å²) in [5, 5.41) is 12.5. The number of carboxylic acid groups (broad SMARTS) is 1. The molecular weight excluding hydrogens is 444 g/mol. The van der Waals surface area contributed by atoms with E-state index in [2.05, 4.69) is 25.8 Å². The highest BCUT2D eigenvalue weighted by molar-refractivity contribution is 5.88. The average molecular weight is 471 g/mol. The van der Waals surface area contributed by atoms with Gasteiger partial charge in [0.25, 0.3) is 0 Å². The molecule has 0 amide bonds. The Morgan fingerprint density at radius 2 is 1.86 bits per heavy atom. The summed E-state index contributed by atoms with van der Waals surface area (Å²) in [4.78, 5) is 27.6. The topological polar surface area (TPSA) is 105 Å². The Hall–Kier alpha value is -3.98. The molecule has 1 aliphatic carbocycles. The number of hydrogen-bond acceptors (Lipinski definition) is 7. The van der Waals surface area contributed by atoms with Crippen molar-refractivity contribution in [2.45, 2.75) is 19.4 Å². The molecule has 2 aromatic heterocycles. The van der Waals surface area contributed by atoms with Crippen molar-refractivity contribution in [3.63, 3.8) is 0 Å². The van der Waals surface area contributed by atoms with Gasteiger partial charge in [0.2, 0.25) is 5.95 Å². The lowest BCUT2D eigenvalue weighted by Crippen LogP contribution is -2.37. The lowest BCUT2D eigenvalue weighted by Gasteiger charge is -2.27. The quantitative estimate of drug-likeness (QED) is 0.414. The van der Waals surface area contributed by atoms with Gasteiger partial charge in [-0.25, -0.2) is 14.8 Å². The zero-order chi connectivity index (χ0) is 23.8. The number of benzene rings is 2. The molecule has 35 heavy (non-hydrogen) atoms. The van der Waals surface area contributed by atoms with Crippen LogP contribution in [-0.4, -0.2) is 56.9 Å². The van der Waals surface area contributed by atoms with E-state index in [9.17, 15) is 9.90 Å². The van der Waals surface area contributed by atoms with Crippen molar-refractivity contribution < 1.29 is 14.6 Å². The average Bonchev–Trinajstić information content (AvgIpc) is 3.62. The van der Waals surface area contributed by atoms with Crippen molar-refractivity contribution >= 4 is 34.5 Å². The van der Waals surface area contributed by atoms with Crippen LogP contribution in [0.25, 0.3) is 22.3 Å². The van der Waals surface area contributed by atoms with Gasteiger partial charge < -0.3 is 24.6 Å². The van der Waals surface area contributed by atoms with Gasteiger partial charge in [0.15, 0.2) is 0 Å². The number of hydrogen-bond donors (Lipinski definition) is 2. The van der Waals surface area contributed by atoms with Gasteiger partial charge >= 0.3 is 5.97 Å². The number of nitrogens with zero attached hydrogens (tertiary/aromatic N) is 5. The Morgan fingerprint density at radius 1 is 1.06 bits per heavy atom.